The van der Waals surface area contributed by atoms with Crippen LogP contribution in [0.2, 0.25) is 0 Å². The molecule has 1 aromatic heterocycles. The van der Waals surface area contributed by atoms with Crippen LogP contribution in [0.15, 0.2) is 42.6 Å². The SMILES string of the molecule is CN(C)C(CNC(=O)c1ccc(C(C)(C)C)cc1)c1cccn1C. The zero-order valence-corrected chi connectivity index (χ0v) is 15.6. The van der Waals surface area contributed by atoms with E-state index in [0.29, 0.717) is 12.1 Å². The van der Waals surface area contributed by atoms with Crippen LogP contribution in [0.25, 0.3) is 0 Å². The van der Waals surface area contributed by atoms with Crippen molar-refractivity contribution in [1.82, 2.24) is 14.8 Å². The fraction of sp³-hybridized carbons (Fsp3) is 0.450. The molecule has 2 rings (SSSR count). The average Bonchev–Trinajstić information content (AvgIpc) is 2.92. The molecule has 0 saturated heterocycles. The van der Waals surface area contributed by atoms with Crippen molar-refractivity contribution in [2.45, 2.75) is 32.2 Å². The number of carbonyl (C=O) groups excluding carboxylic acids is 1. The summed E-state index contributed by atoms with van der Waals surface area (Å²) in [6.45, 7) is 7.08. The first-order valence-electron chi connectivity index (χ1n) is 8.36. The van der Waals surface area contributed by atoms with Crippen LogP contribution < -0.4 is 5.32 Å². The first-order chi connectivity index (χ1) is 11.2. The van der Waals surface area contributed by atoms with Crippen LogP contribution in [-0.4, -0.2) is 36.0 Å². The van der Waals surface area contributed by atoms with Crippen molar-refractivity contribution in [2.75, 3.05) is 20.6 Å². The van der Waals surface area contributed by atoms with Crippen LogP contribution >= 0.6 is 0 Å². The van der Waals surface area contributed by atoms with E-state index in [1.165, 1.54) is 11.3 Å². The van der Waals surface area contributed by atoms with Gasteiger partial charge in [-0.05, 0) is 49.3 Å². The highest BCUT2D eigenvalue weighted by molar-refractivity contribution is 5.94. The molecule has 1 amide bonds. The average molecular weight is 327 g/mol. The van der Waals surface area contributed by atoms with Gasteiger partial charge in [-0.25, -0.2) is 0 Å². The maximum absolute atomic E-state index is 12.5. The van der Waals surface area contributed by atoms with Crippen molar-refractivity contribution < 1.29 is 4.79 Å². The summed E-state index contributed by atoms with van der Waals surface area (Å²) in [5.74, 6) is -0.0310. The number of benzene rings is 1. The standard InChI is InChI=1S/C20H29N3O/c1-20(2,3)16-11-9-15(10-12-16)19(24)21-14-18(22(4)5)17-8-7-13-23(17)6/h7-13,18H,14H2,1-6H3,(H,21,24). The molecule has 0 bridgehead atoms. The van der Waals surface area contributed by atoms with E-state index in [9.17, 15) is 4.79 Å². The predicted octanol–water partition coefficient (Wildman–Crippen LogP) is 3.36. The fourth-order valence-electron chi connectivity index (χ4n) is 2.79. The Kier molecular flexibility index (Phi) is 5.50. The number of carbonyl (C=O) groups is 1. The third-order valence-corrected chi connectivity index (χ3v) is 4.42. The molecule has 1 aromatic carbocycles. The van der Waals surface area contributed by atoms with Gasteiger partial charge in [-0.3, -0.25) is 9.69 Å². The van der Waals surface area contributed by atoms with Crippen LogP contribution in [0.3, 0.4) is 0 Å². The summed E-state index contributed by atoms with van der Waals surface area (Å²) in [4.78, 5) is 14.6. The molecule has 1 heterocycles. The Morgan fingerprint density at radius 3 is 2.25 bits per heavy atom. The number of hydrogen-bond acceptors (Lipinski definition) is 2. The molecule has 1 unspecified atom stereocenters. The lowest BCUT2D eigenvalue weighted by atomic mass is 9.87. The number of likely N-dealkylation sites (N-methyl/N-ethyl adjacent to an activating group) is 1. The molecule has 4 nitrogen and oxygen atoms in total. The first kappa shape index (κ1) is 18.3. The van der Waals surface area contributed by atoms with Gasteiger partial charge in [0.1, 0.15) is 0 Å². The number of hydrogen-bond donors (Lipinski definition) is 1. The van der Waals surface area contributed by atoms with Crippen LogP contribution in [0, 0.1) is 0 Å². The van der Waals surface area contributed by atoms with Crippen molar-refractivity contribution >= 4 is 5.91 Å². The highest BCUT2D eigenvalue weighted by Crippen LogP contribution is 2.22. The van der Waals surface area contributed by atoms with Crippen molar-refractivity contribution in [3.8, 4) is 0 Å². The van der Waals surface area contributed by atoms with Gasteiger partial charge in [0.25, 0.3) is 5.91 Å². The lowest BCUT2D eigenvalue weighted by molar-refractivity contribution is 0.0941. The number of nitrogens with zero attached hydrogens (tertiary/aromatic N) is 2. The van der Waals surface area contributed by atoms with Crippen molar-refractivity contribution in [1.29, 1.82) is 0 Å². The predicted molar refractivity (Wildman–Crippen MR) is 99.3 cm³/mol. The normalized spacial score (nSPS) is 13.1. The van der Waals surface area contributed by atoms with E-state index in [-0.39, 0.29) is 17.4 Å². The van der Waals surface area contributed by atoms with Crippen molar-refractivity contribution in [3.63, 3.8) is 0 Å². The molecule has 0 saturated carbocycles. The molecule has 1 atom stereocenters. The third kappa shape index (κ3) is 4.26. The summed E-state index contributed by atoms with van der Waals surface area (Å²) in [7, 11) is 6.09. The molecule has 4 heteroatoms. The second-order valence-electron chi connectivity index (χ2n) is 7.56. The van der Waals surface area contributed by atoms with E-state index >= 15 is 0 Å². The maximum Gasteiger partial charge on any atom is 0.251 e. The highest BCUT2D eigenvalue weighted by Gasteiger charge is 2.18. The second kappa shape index (κ2) is 7.22. The smallest absolute Gasteiger partial charge is 0.251 e. The van der Waals surface area contributed by atoms with Crippen LogP contribution in [0.5, 0.6) is 0 Å². The Morgan fingerprint density at radius 2 is 1.79 bits per heavy atom. The molecule has 0 fully saturated rings. The highest BCUT2D eigenvalue weighted by atomic mass is 16.1. The van der Waals surface area contributed by atoms with Gasteiger partial charge in [0.15, 0.2) is 0 Å². The van der Waals surface area contributed by atoms with Crippen LogP contribution in [0.1, 0.15) is 48.4 Å². The number of nitrogens with one attached hydrogen (secondary N) is 1. The van der Waals surface area contributed by atoms with Gasteiger partial charge >= 0.3 is 0 Å². The molecule has 24 heavy (non-hydrogen) atoms. The Morgan fingerprint density at radius 1 is 1.17 bits per heavy atom. The lowest BCUT2D eigenvalue weighted by Crippen LogP contribution is -2.35. The molecule has 0 aliphatic rings. The molecule has 0 spiro atoms. The van der Waals surface area contributed by atoms with Crippen molar-refractivity contribution in [3.05, 3.63) is 59.4 Å². The summed E-state index contributed by atoms with van der Waals surface area (Å²) < 4.78 is 2.09. The van der Waals surface area contributed by atoms with Gasteiger partial charge in [-0.1, -0.05) is 32.9 Å². The summed E-state index contributed by atoms with van der Waals surface area (Å²) in [5, 5.41) is 3.06. The molecule has 0 aliphatic heterocycles. The Bertz CT molecular complexity index is 678. The molecule has 0 radical (unpaired) electrons. The summed E-state index contributed by atoms with van der Waals surface area (Å²) in [6.07, 6.45) is 2.03. The number of aryl methyl sites for hydroxylation is 1. The second-order valence-corrected chi connectivity index (χ2v) is 7.56. The van der Waals surface area contributed by atoms with Gasteiger partial charge in [-0.15, -0.1) is 0 Å². The van der Waals surface area contributed by atoms with Gasteiger partial charge in [-0.2, -0.15) is 0 Å². The molecular formula is C20H29N3O. The monoisotopic (exact) mass is 327 g/mol. The maximum atomic E-state index is 12.5. The lowest BCUT2D eigenvalue weighted by Gasteiger charge is -2.25. The fourth-order valence-corrected chi connectivity index (χ4v) is 2.79. The van der Waals surface area contributed by atoms with Gasteiger partial charge in [0.05, 0.1) is 6.04 Å². The van der Waals surface area contributed by atoms with Crippen LogP contribution in [-0.2, 0) is 12.5 Å². The van der Waals surface area contributed by atoms with E-state index in [1.54, 1.807) is 0 Å². The Balaban J connectivity index is 2.05. The van der Waals surface area contributed by atoms with E-state index < -0.39 is 0 Å². The van der Waals surface area contributed by atoms with Crippen LogP contribution in [0.4, 0.5) is 0 Å². The van der Waals surface area contributed by atoms with E-state index in [2.05, 4.69) is 41.6 Å². The summed E-state index contributed by atoms with van der Waals surface area (Å²) in [5.41, 5.74) is 3.21. The zero-order chi connectivity index (χ0) is 17.9. The first-order valence-corrected chi connectivity index (χ1v) is 8.36. The largest absolute Gasteiger partial charge is 0.353 e. The van der Waals surface area contributed by atoms with Gasteiger partial charge in [0.2, 0.25) is 0 Å². The molecule has 1 N–H and O–H groups in total. The summed E-state index contributed by atoms with van der Waals surface area (Å²) in [6, 6.07) is 12.1. The number of rotatable bonds is 5. The topological polar surface area (TPSA) is 37.3 Å². The Hall–Kier alpha value is -2.07. The molecule has 2 aromatic rings. The zero-order valence-electron chi connectivity index (χ0n) is 15.6. The van der Waals surface area contributed by atoms with Gasteiger partial charge in [0, 0.05) is 31.0 Å². The number of aromatic nitrogens is 1. The van der Waals surface area contributed by atoms with Gasteiger partial charge < -0.3 is 9.88 Å². The minimum atomic E-state index is -0.0310. The summed E-state index contributed by atoms with van der Waals surface area (Å²) >= 11 is 0. The molecule has 0 aliphatic carbocycles. The van der Waals surface area contributed by atoms with E-state index in [1.807, 2.05) is 57.7 Å². The molecule has 130 valence electrons. The van der Waals surface area contributed by atoms with E-state index in [0.717, 1.165) is 0 Å². The molecular weight excluding hydrogens is 298 g/mol. The van der Waals surface area contributed by atoms with Crippen molar-refractivity contribution in [2.24, 2.45) is 7.05 Å². The minimum absolute atomic E-state index is 0.0310. The minimum Gasteiger partial charge on any atom is -0.353 e. The van der Waals surface area contributed by atoms with E-state index in [4.69, 9.17) is 0 Å². The third-order valence-electron chi connectivity index (χ3n) is 4.42. The quantitative estimate of drug-likeness (QED) is 0.914. The number of amides is 1. The Labute approximate surface area is 145 Å².